The van der Waals surface area contributed by atoms with E-state index in [9.17, 15) is 14.7 Å². The zero-order valence-corrected chi connectivity index (χ0v) is 23.8. The molecule has 4 aromatic rings. The molecule has 0 amide bonds. The number of hydrogen-bond acceptors (Lipinski definition) is 3. The summed E-state index contributed by atoms with van der Waals surface area (Å²) in [6, 6.07) is 18.5. The third-order valence-electron chi connectivity index (χ3n) is 8.07. The van der Waals surface area contributed by atoms with Crippen LogP contribution >= 0.6 is 0 Å². The number of benzene rings is 3. The number of rotatable bonds is 15. The highest BCUT2D eigenvalue weighted by Gasteiger charge is 2.18. The number of carbonyl (C=O) groups is 2. The Morgan fingerprint density at radius 1 is 0.718 bits per heavy atom. The first kappa shape index (κ1) is 28.6. The number of nitrogens with zero attached hydrogens (tertiary/aromatic N) is 1. The Hall–Kier alpha value is -3.40. The van der Waals surface area contributed by atoms with Gasteiger partial charge in [-0.1, -0.05) is 65.7 Å². The summed E-state index contributed by atoms with van der Waals surface area (Å²) < 4.78 is 2.39. The lowest BCUT2D eigenvalue weighted by Gasteiger charge is -2.17. The van der Waals surface area contributed by atoms with E-state index in [2.05, 4.69) is 37.5 Å². The number of phenols is 1. The van der Waals surface area contributed by atoms with Crippen molar-refractivity contribution in [3.63, 3.8) is 0 Å². The first-order valence-electron chi connectivity index (χ1n) is 14.9. The van der Waals surface area contributed by atoms with Crippen LogP contribution in [0.15, 0.2) is 60.7 Å². The number of aromatic nitrogens is 1. The maximum atomic E-state index is 13.3. The smallest absolute Gasteiger partial charge is 0.193 e. The first-order valence-corrected chi connectivity index (χ1v) is 14.9. The van der Waals surface area contributed by atoms with E-state index in [-0.39, 0.29) is 17.3 Å². The van der Waals surface area contributed by atoms with Gasteiger partial charge in [0, 0.05) is 51.5 Å². The molecule has 1 heterocycles. The molecule has 206 valence electrons. The van der Waals surface area contributed by atoms with E-state index in [0.717, 1.165) is 53.2 Å². The van der Waals surface area contributed by atoms with Crippen LogP contribution in [0.2, 0.25) is 0 Å². The maximum Gasteiger partial charge on any atom is 0.193 e. The van der Waals surface area contributed by atoms with Crippen molar-refractivity contribution in [2.24, 2.45) is 5.92 Å². The summed E-state index contributed by atoms with van der Waals surface area (Å²) in [5.74, 6) is 0.833. The highest BCUT2D eigenvalue weighted by atomic mass is 16.3. The van der Waals surface area contributed by atoms with Gasteiger partial charge >= 0.3 is 0 Å². The topological polar surface area (TPSA) is 59.3 Å². The lowest BCUT2D eigenvalue weighted by molar-refractivity contribution is 0.0978. The molecule has 0 radical (unpaired) electrons. The lowest BCUT2D eigenvalue weighted by Crippen LogP contribution is -2.10. The molecule has 0 bridgehead atoms. The van der Waals surface area contributed by atoms with Crippen molar-refractivity contribution < 1.29 is 14.7 Å². The maximum absolute atomic E-state index is 13.3. The van der Waals surface area contributed by atoms with E-state index >= 15 is 0 Å². The quantitative estimate of drug-likeness (QED) is 0.124. The van der Waals surface area contributed by atoms with Gasteiger partial charge in [0.15, 0.2) is 11.6 Å². The van der Waals surface area contributed by atoms with Crippen molar-refractivity contribution in [3.05, 3.63) is 77.4 Å². The monoisotopic (exact) mass is 525 g/mol. The zero-order chi connectivity index (χ0) is 27.8. The third kappa shape index (κ3) is 6.79. The van der Waals surface area contributed by atoms with Crippen LogP contribution in [0, 0.1) is 5.92 Å². The second-order valence-electron chi connectivity index (χ2n) is 11.0. The predicted octanol–water partition coefficient (Wildman–Crippen LogP) is 9.49. The SMILES string of the molecule is CCCCCCCC(=O)c1ccc2c(c1)c1cc(C(=O)c3ccc(O)cc3)ccc1n2CC(CC)CCCC. The molecule has 0 aliphatic rings. The summed E-state index contributed by atoms with van der Waals surface area (Å²) in [5, 5.41) is 11.7. The summed E-state index contributed by atoms with van der Waals surface area (Å²) in [6.45, 7) is 7.63. The molecular weight excluding hydrogens is 482 g/mol. The van der Waals surface area contributed by atoms with Gasteiger partial charge in [-0.2, -0.15) is 0 Å². The minimum atomic E-state index is -0.0773. The van der Waals surface area contributed by atoms with Gasteiger partial charge in [0.05, 0.1) is 0 Å². The third-order valence-corrected chi connectivity index (χ3v) is 8.07. The zero-order valence-electron chi connectivity index (χ0n) is 23.8. The van der Waals surface area contributed by atoms with Gasteiger partial charge in [-0.25, -0.2) is 0 Å². The van der Waals surface area contributed by atoms with Crippen molar-refractivity contribution in [3.8, 4) is 5.75 Å². The Morgan fingerprint density at radius 3 is 1.95 bits per heavy atom. The normalized spacial score (nSPS) is 12.3. The number of ketones is 2. The molecule has 0 saturated heterocycles. The Labute approximate surface area is 233 Å². The Kier molecular flexibility index (Phi) is 9.97. The molecule has 4 rings (SSSR count). The molecule has 1 atom stereocenters. The average Bonchev–Trinajstić information content (AvgIpc) is 3.26. The summed E-state index contributed by atoms with van der Waals surface area (Å²) in [4.78, 5) is 26.4. The molecule has 4 nitrogen and oxygen atoms in total. The molecule has 0 aliphatic carbocycles. The number of aromatic hydroxyl groups is 1. The Balaban J connectivity index is 1.74. The predicted molar refractivity (Wildman–Crippen MR) is 162 cm³/mol. The molecule has 0 aliphatic heterocycles. The van der Waals surface area contributed by atoms with Crippen LogP contribution in [0.5, 0.6) is 5.75 Å². The van der Waals surface area contributed by atoms with Crippen LogP contribution in [0.1, 0.15) is 111 Å². The van der Waals surface area contributed by atoms with Crippen molar-refractivity contribution >= 4 is 33.4 Å². The minimum Gasteiger partial charge on any atom is -0.508 e. The van der Waals surface area contributed by atoms with Crippen molar-refractivity contribution in [2.75, 3.05) is 0 Å². The van der Waals surface area contributed by atoms with Gasteiger partial charge in [-0.3, -0.25) is 9.59 Å². The summed E-state index contributed by atoms with van der Waals surface area (Å²) >= 11 is 0. The summed E-state index contributed by atoms with van der Waals surface area (Å²) in [7, 11) is 0. The number of fused-ring (bicyclic) bond motifs is 3. The minimum absolute atomic E-state index is 0.0773. The number of carbonyl (C=O) groups excluding carboxylic acids is 2. The van der Waals surface area contributed by atoms with Crippen molar-refractivity contribution in [1.82, 2.24) is 4.57 Å². The van der Waals surface area contributed by atoms with Crippen molar-refractivity contribution in [2.45, 2.75) is 91.5 Å². The van der Waals surface area contributed by atoms with E-state index in [4.69, 9.17) is 0 Å². The summed E-state index contributed by atoms with van der Waals surface area (Å²) in [6.07, 6.45) is 10.9. The molecule has 1 N–H and O–H groups in total. The van der Waals surface area contributed by atoms with Crippen LogP contribution in [-0.4, -0.2) is 21.2 Å². The standard InChI is InChI=1S/C35H43NO3/c1-4-7-9-10-11-13-34(38)27-16-20-32-30(22-27)31-23-28(35(39)26-14-18-29(37)19-15-26)17-21-33(31)36(32)24-25(6-3)12-8-5-2/h14-23,25,37H,4-13,24H2,1-3H3. The fraction of sp³-hybridized carbons (Fsp3) is 0.429. The van der Waals surface area contributed by atoms with Gasteiger partial charge in [0.2, 0.25) is 0 Å². The largest absolute Gasteiger partial charge is 0.508 e. The van der Waals surface area contributed by atoms with E-state index in [0.29, 0.717) is 23.5 Å². The molecule has 39 heavy (non-hydrogen) atoms. The van der Waals surface area contributed by atoms with Crippen LogP contribution in [0.4, 0.5) is 0 Å². The molecule has 0 saturated carbocycles. The van der Waals surface area contributed by atoms with E-state index in [1.54, 1.807) is 24.3 Å². The number of Topliss-reactive ketones (excluding diaryl/α,β-unsaturated/α-hetero) is 1. The number of phenolic OH excluding ortho intramolecular Hbond substituents is 1. The number of hydrogen-bond donors (Lipinski definition) is 1. The molecule has 3 aromatic carbocycles. The average molecular weight is 526 g/mol. The molecule has 0 fully saturated rings. The van der Waals surface area contributed by atoms with Gasteiger partial charge in [0.1, 0.15) is 5.75 Å². The van der Waals surface area contributed by atoms with Crippen LogP contribution in [0.25, 0.3) is 21.8 Å². The van der Waals surface area contributed by atoms with E-state index in [1.807, 2.05) is 24.3 Å². The fourth-order valence-electron chi connectivity index (χ4n) is 5.60. The second kappa shape index (κ2) is 13.6. The molecule has 4 heteroatoms. The van der Waals surface area contributed by atoms with Gasteiger partial charge < -0.3 is 9.67 Å². The second-order valence-corrected chi connectivity index (χ2v) is 11.0. The van der Waals surface area contributed by atoms with Crippen LogP contribution in [-0.2, 0) is 6.54 Å². The highest BCUT2D eigenvalue weighted by molar-refractivity contribution is 6.15. The molecule has 0 spiro atoms. The molecule has 1 aromatic heterocycles. The van der Waals surface area contributed by atoms with Crippen molar-refractivity contribution in [1.29, 1.82) is 0 Å². The Bertz CT molecular complexity index is 1410. The van der Waals surface area contributed by atoms with Gasteiger partial charge in [-0.15, -0.1) is 0 Å². The Morgan fingerprint density at radius 2 is 1.31 bits per heavy atom. The lowest BCUT2D eigenvalue weighted by atomic mass is 9.99. The summed E-state index contributed by atoms with van der Waals surface area (Å²) in [5.41, 5.74) is 4.13. The van der Waals surface area contributed by atoms with Crippen LogP contribution in [0.3, 0.4) is 0 Å². The molecular formula is C35H43NO3. The van der Waals surface area contributed by atoms with Gasteiger partial charge in [0.25, 0.3) is 0 Å². The first-order chi connectivity index (χ1) is 19.0. The van der Waals surface area contributed by atoms with E-state index < -0.39 is 0 Å². The van der Waals surface area contributed by atoms with Crippen LogP contribution < -0.4 is 0 Å². The molecule has 1 unspecified atom stereocenters. The highest BCUT2D eigenvalue weighted by Crippen LogP contribution is 2.33. The van der Waals surface area contributed by atoms with E-state index in [1.165, 1.54) is 38.5 Å². The number of unbranched alkanes of at least 4 members (excludes halogenated alkanes) is 5. The fourth-order valence-corrected chi connectivity index (χ4v) is 5.60. The van der Waals surface area contributed by atoms with Gasteiger partial charge in [-0.05, 0) is 79.4 Å².